The summed E-state index contributed by atoms with van der Waals surface area (Å²) in [4.78, 5) is 27.4. The maximum atomic E-state index is 12.7. The molecule has 2 aromatic rings. The van der Waals surface area contributed by atoms with E-state index in [9.17, 15) is 9.59 Å². The van der Waals surface area contributed by atoms with Crippen molar-refractivity contribution < 1.29 is 19.1 Å². The second-order valence-electron chi connectivity index (χ2n) is 7.99. The molecular weight excluding hydrogens is 444 g/mol. The number of benzene rings is 2. The Hall–Kier alpha value is -2.84. The molecule has 0 aromatic heterocycles. The van der Waals surface area contributed by atoms with Gasteiger partial charge in [0.1, 0.15) is 5.75 Å². The zero-order valence-electron chi connectivity index (χ0n) is 17.5. The maximum absolute atomic E-state index is 12.7. The molecule has 3 aliphatic rings. The number of ether oxygens (including phenoxy) is 2. The van der Waals surface area contributed by atoms with E-state index in [0.717, 1.165) is 17.7 Å². The summed E-state index contributed by atoms with van der Waals surface area (Å²) in [7, 11) is 1.68. The van der Waals surface area contributed by atoms with Crippen molar-refractivity contribution >= 4 is 58.1 Å². The summed E-state index contributed by atoms with van der Waals surface area (Å²) in [5.74, 6) is 1.10. The Labute approximate surface area is 196 Å². The lowest BCUT2D eigenvalue weighted by Gasteiger charge is -2.27. The van der Waals surface area contributed by atoms with E-state index in [4.69, 9.17) is 21.7 Å². The van der Waals surface area contributed by atoms with Crippen LogP contribution >= 0.6 is 24.0 Å². The van der Waals surface area contributed by atoms with Crippen LogP contribution in [0.2, 0.25) is 0 Å². The van der Waals surface area contributed by atoms with Crippen LogP contribution in [0.15, 0.2) is 47.4 Å². The molecule has 2 unspecified atom stereocenters. The first-order valence-corrected chi connectivity index (χ1v) is 11.7. The zero-order chi connectivity index (χ0) is 22.2. The summed E-state index contributed by atoms with van der Waals surface area (Å²) in [5.41, 5.74) is 4.71. The van der Waals surface area contributed by atoms with Crippen molar-refractivity contribution in [2.45, 2.75) is 31.2 Å². The first kappa shape index (κ1) is 21.0. The summed E-state index contributed by atoms with van der Waals surface area (Å²) in [6.45, 7) is 0.158. The van der Waals surface area contributed by atoms with E-state index in [2.05, 4.69) is 29.2 Å². The van der Waals surface area contributed by atoms with E-state index >= 15 is 0 Å². The van der Waals surface area contributed by atoms with Gasteiger partial charge in [0, 0.05) is 23.3 Å². The normalized spacial score (nSPS) is 23.0. The highest BCUT2D eigenvalue weighted by atomic mass is 32.2. The molecule has 0 spiro atoms. The van der Waals surface area contributed by atoms with Crippen molar-refractivity contribution in [3.8, 4) is 5.75 Å². The van der Waals surface area contributed by atoms with E-state index in [0.29, 0.717) is 27.7 Å². The van der Waals surface area contributed by atoms with Crippen LogP contribution in [0.3, 0.4) is 0 Å². The quantitative estimate of drug-likeness (QED) is 0.344. The van der Waals surface area contributed by atoms with Gasteiger partial charge in [0.15, 0.2) is 11.1 Å². The third-order valence-corrected chi connectivity index (χ3v) is 7.69. The molecule has 0 bridgehead atoms. The first-order chi connectivity index (χ1) is 15.6. The molecular formula is C24H22N2O4S2. The average Bonchev–Trinajstić information content (AvgIpc) is 3.46. The molecule has 0 N–H and O–H groups in total. The largest absolute Gasteiger partial charge is 0.497 e. The summed E-state index contributed by atoms with van der Waals surface area (Å²) in [5, 5.41) is 0. The molecule has 2 fully saturated rings. The Balaban J connectivity index is 1.46. The third kappa shape index (κ3) is 3.57. The first-order valence-electron chi connectivity index (χ1n) is 10.5. The lowest BCUT2D eigenvalue weighted by Crippen LogP contribution is -2.30. The van der Waals surface area contributed by atoms with Crippen LogP contribution in [0, 0.1) is 0 Å². The fourth-order valence-corrected chi connectivity index (χ4v) is 6.14. The van der Waals surface area contributed by atoms with Crippen molar-refractivity contribution in [2.75, 3.05) is 18.7 Å². The predicted octanol–water partition coefficient (Wildman–Crippen LogP) is 4.81. The molecule has 1 aliphatic carbocycles. The second kappa shape index (κ2) is 8.60. The molecule has 32 heavy (non-hydrogen) atoms. The number of fused-ring (bicyclic) bond motifs is 3. The highest BCUT2D eigenvalue weighted by Crippen LogP contribution is 2.52. The molecule has 0 radical (unpaired) electrons. The lowest BCUT2D eigenvalue weighted by atomic mass is 9.96. The number of rotatable bonds is 6. The minimum absolute atomic E-state index is 0.156. The minimum atomic E-state index is -0.235. The second-order valence-corrected chi connectivity index (χ2v) is 9.67. The number of thioether (sulfide) groups is 1. The molecule has 2 aliphatic heterocycles. The van der Waals surface area contributed by atoms with Crippen molar-refractivity contribution in [1.29, 1.82) is 0 Å². The molecule has 164 valence electrons. The van der Waals surface area contributed by atoms with Gasteiger partial charge in [-0.1, -0.05) is 36.5 Å². The Morgan fingerprint density at radius 1 is 1.19 bits per heavy atom. The fourth-order valence-electron chi connectivity index (χ4n) is 4.91. The monoisotopic (exact) mass is 466 g/mol. The molecule has 5 rings (SSSR count). The van der Waals surface area contributed by atoms with Gasteiger partial charge in [-0.15, -0.1) is 0 Å². The Morgan fingerprint density at radius 2 is 2.00 bits per heavy atom. The molecule has 2 atom stereocenters. The fraction of sp³-hybridized carbons (Fsp3) is 0.292. The summed E-state index contributed by atoms with van der Waals surface area (Å²) in [6.07, 6.45) is 5.41. The predicted molar refractivity (Wildman–Crippen MR) is 129 cm³/mol. The number of methoxy groups -OCH3 is 1. The van der Waals surface area contributed by atoms with Crippen molar-refractivity contribution in [1.82, 2.24) is 4.90 Å². The summed E-state index contributed by atoms with van der Waals surface area (Å²) >= 11 is 6.50. The smallest absolute Gasteiger partial charge is 0.294 e. The van der Waals surface area contributed by atoms with Crippen LogP contribution in [0.5, 0.6) is 5.75 Å². The van der Waals surface area contributed by atoms with Crippen molar-refractivity contribution in [2.24, 2.45) is 0 Å². The number of hydrogen-bond donors (Lipinski definition) is 0. The van der Waals surface area contributed by atoms with Gasteiger partial charge < -0.3 is 14.4 Å². The van der Waals surface area contributed by atoms with Gasteiger partial charge in [-0.25, -0.2) is 0 Å². The van der Waals surface area contributed by atoms with Crippen molar-refractivity contribution in [3.63, 3.8) is 0 Å². The van der Waals surface area contributed by atoms with Crippen LogP contribution in [-0.2, 0) is 14.3 Å². The molecule has 1 saturated carbocycles. The van der Waals surface area contributed by atoms with Gasteiger partial charge in [0.2, 0.25) is 0 Å². The maximum Gasteiger partial charge on any atom is 0.294 e. The van der Waals surface area contributed by atoms with E-state index in [-0.39, 0.29) is 12.6 Å². The van der Waals surface area contributed by atoms with Gasteiger partial charge in [-0.05, 0) is 66.4 Å². The average molecular weight is 467 g/mol. The van der Waals surface area contributed by atoms with Gasteiger partial charge in [-0.3, -0.25) is 14.5 Å². The van der Waals surface area contributed by atoms with E-state index in [1.807, 2.05) is 24.3 Å². The van der Waals surface area contributed by atoms with Gasteiger partial charge in [0.05, 0.1) is 12.0 Å². The highest BCUT2D eigenvalue weighted by Gasteiger charge is 2.42. The molecule has 6 nitrogen and oxygen atoms in total. The number of hydrogen-bond acceptors (Lipinski definition) is 7. The number of carbonyl (C=O) groups excluding carboxylic acids is 2. The van der Waals surface area contributed by atoms with E-state index < -0.39 is 0 Å². The van der Waals surface area contributed by atoms with Gasteiger partial charge in [-0.2, -0.15) is 0 Å². The lowest BCUT2D eigenvalue weighted by molar-refractivity contribution is -0.135. The summed E-state index contributed by atoms with van der Waals surface area (Å²) in [6, 6.07) is 15.1. The molecule has 2 aromatic carbocycles. The Morgan fingerprint density at radius 3 is 2.75 bits per heavy atom. The Kier molecular flexibility index (Phi) is 5.65. The zero-order valence-corrected chi connectivity index (χ0v) is 19.2. The van der Waals surface area contributed by atoms with Crippen LogP contribution in [-0.4, -0.2) is 41.5 Å². The van der Waals surface area contributed by atoms with Crippen LogP contribution in [0.4, 0.5) is 11.4 Å². The topological polar surface area (TPSA) is 59.1 Å². The SMILES string of the molecule is COc1ccc(N2c3ccc(C=C4SC(=S)N(COC=O)C4=O)cc3C3CCCC32)cc1. The van der Waals surface area contributed by atoms with Crippen molar-refractivity contribution in [3.05, 3.63) is 58.5 Å². The molecule has 1 saturated heterocycles. The van der Waals surface area contributed by atoms with E-state index in [1.165, 1.54) is 46.4 Å². The standard InChI is InChI=1S/C24H22N2O4S2/c1-29-17-8-6-16(7-9-17)26-20-4-2-3-18(20)19-11-15(5-10-21(19)26)12-22-23(28)25(13-30-14-27)24(31)32-22/h5-12,14,18,20H,2-4,13H2,1H3. The van der Waals surface area contributed by atoms with E-state index in [1.54, 1.807) is 7.11 Å². The minimum Gasteiger partial charge on any atom is -0.497 e. The third-order valence-electron chi connectivity index (χ3n) is 6.32. The van der Waals surface area contributed by atoms with Gasteiger partial charge >= 0.3 is 0 Å². The van der Waals surface area contributed by atoms with Crippen LogP contribution in [0.25, 0.3) is 6.08 Å². The molecule has 8 heteroatoms. The number of amides is 1. The van der Waals surface area contributed by atoms with Crippen LogP contribution in [0.1, 0.15) is 36.3 Å². The number of thiocarbonyl (C=S) groups is 1. The number of anilines is 2. The van der Waals surface area contributed by atoms with Gasteiger partial charge in [0.25, 0.3) is 12.4 Å². The number of nitrogens with zero attached hydrogens (tertiary/aromatic N) is 2. The highest BCUT2D eigenvalue weighted by molar-refractivity contribution is 8.26. The Bertz CT molecular complexity index is 1120. The molecule has 2 heterocycles. The summed E-state index contributed by atoms with van der Waals surface area (Å²) < 4.78 is 10.4. The van der Waals surface area contributed by atoms with Crippen LogP contribution < -0.4 is 9.64 Å². The number of carbonyl (C=O) groups is 2. The molecule has 1 amide bonds.